The summed E-state index contributed by atoms with van der Waals surface area (Å²) in [5.74, 6) is 1.29. The molecule has 3 heterocycles. The Morgan fingerprint density at radius 1 is 0.971 bits per heavy atom. The Balaban J connectivity index is 2.00. The normalized spacial score (nSPS) is 16.8. The summed E-state index contributed by atoms with van der Waals surface area (Å²) in [6.07, 6.45) is -0.592. The van der Waals surface area contributed by atoms with Crippen molar-refractivity contribution < 1.29 is 14.2 Å². The summed E-state index contributed by atoms with van der Waals surface area (Å²) in [6, 6.07) is 15.4. The van der Waals surface area contributed by atoms with E-state index in [1.165, 1.54) is 7.05 Å². The lowest BCUT2D eigenvalue weighted by atomic mass is 9.97. The first-order valence-electron chi connectivity index (χ1n) is 11.4. The SMILES string of the molecule is COc1ccc(OC)c([C@H]2OCC(C)(C)n3c(-c4ccccc4)c4c(=O)n(C)c(=O)n(C)c4c32)c1. The van der Waals surface area contributed by atoms with Crippen molar-refractivity contribution in [1.82, 2.24) is 13.7 Å². The highest BCUT2D eigenvalue weighted by atomic mass is 16.5. The average molecular weight is 476 g/mol. The first-order chi connectivity index (χ1) is 16.7. The Bertz CT molecular complexity index is 1560. The van der Waals surface area contributed by atoms with Crippen LogP contribution in [0.3, 0.4) is 0 Å². The first-order valence-corrected chi connectivity index (χ1v) is 11.4. The minimum absolute atomic E-state index is 0.337. The predicted molar refractivity (Wildman–Crippen MR) is 135 cm³/mol. The van der Waals surface area contributed by atoms with Crippen molar-refractivity contribution in [2.45, 2.75) is 25.5 Å². The molecular weight excluding hydrogens is 446 g/mol. The summed E-state index contributed by atoms with van der Waals surface area (Å²) in [5.41, 5.74) is 2.49. The van der Waals surface area contributed by atoms with E-state index in [9.17, 15) is 9.59 Å². The molecule has 4 aromatic rings. The molecule has 0 radical (unpaired) electrons. The summed E-state index contributed by atoms with van der Waals surface area (Å²) in [4.78, 5) is 26.7. The van der Waals surface area contributed by atoms with Crippen molar-refractivity contribution in [3.63, 3.8) is 0 Å². The van der Waals surface area contributed by atoms with Crippen LogP contribution in [0.15, 0.2) is 58.1 Å². The van der Waals surface area contributed by atoms with Gasteiger partial charge in [0.25, 0.3) is 5.56 Å². The summed E-state index contributed by atoms with van der Waals surface area (Å²) in [5, 5.41) is 0.487. The van der Waals surface area contributed by atoms with Crippen LogP contribution in [-0.2, 0) is 24.4 Å². The van der Waals surface area contributed by atoms with Gasteiger partial charge in [-0.25, -0.2) is 4.79 Å². The molecule has 8 heteroatoms. The molecule has 35 heavy (non-hydrogen) atoms. The number of aryl methyl sites for hydroxylation is 1. The molecule has 0 fully saturated rings. The lowest BCUT2D eigenvalue weighted by Gasteiger charge is -2.39. The van der Waals surface area contributed by atoms with Crippen LogP contribution in [0.1, 0.15) is 31.2 Å². The van der Waals surface area contributed by atoms with Gasteiger partial charge in [-0.1, -0.05) is 30.3 Å². The van der Waals surface area contributed by atoms with E-state index in [1.54, 1.807) is 25.8 Å². The molecule has 2 aromatic carbocycles. The summed E-state index contributed by atoms with van der Waals surface area (Å²) in [6.45, 7) is 4.53. The van der Waals surface area contributed by atoms with Gasteiger partial charge in [0.1, 0.15) is 17.6 Å². The van der Waals surface area contributed by atoms with E-state index in [2.05, 4.69) is 18.4 Å². The Hall–Kier alpha value is -3.78. The maximum atomic E-state index is 13.6. The number of aromatic nitrogens is 3. The highest BCUT2D eigenvalue weighted by Crippen LogP contribution is 2.47. The van der Waals surface area contributed by atoms with Crippen molar-refractivity contribution in [2.24, 2.45) is 14.1 Å². The number of hydrogen-bond donors (Lipinski definition) is 0. The molecule has 5 rings (SSSR count). The van der Waals surface area contributed by atoms with Crippen molar-refractivity contribution in [1.29, 1.82) is 0 Å². The second-order valence-electron chi connectivity index (χ2n) is 9.48. The molecular formula is C27H29N3O5. The third-order valence-electron chi connectivity index (χ3n) is 6.83. The number of methoxy groups -OCH3 is 2. The van der Waals surface area contributed by atoms with Gasteiger partial charge in [0.2, 0.25) is 0 Å². The highest BCUT2D eigenvalue weighted by molar-refractivity contribution is 5.96. The largest absolute Gasteiger partial charge is 0.497 e. The molecule has 0 aliphatic carbocycles. The molecule has 0 unspecified atom stereocenters. The van der Waals surface area contributed by atoms with Crippen LogP contribution in [0.2, 0.25) is 0 Å². The Kier molecular flexibility index (Phi) is 5.36. The second kappa shape index (κ2) is 8.16. The van der Waals surface area contributed by atoms with E-state index in [-0.39, 0.29) is 5.56 Å². The van der Waals surface area contributed by atoms with E-state index < -0.39 is 17.3 Å². The molecule has 1 aliphatic heterocycles. The van der Waals surface area contributed by atoms with Crippen LogP contribution >= 0.6 is 0 Å². The molecule has 8 nitrogen and oxygen atoms in total. The van der Waals surface area contributed by atoms with Gasteiger partial charge in [-0.2, -0.15) is 0 Å². The highest BCUT2D eigenvalue weighted by Gasteiger charge is 2.41. The molecule has 0 N–H and O–H groups in total. The minimum Gasteiger partial charge on any atom is -0.497 e. The zero-order valence-corrected chi connectivity index (χ0v) is 20.8. The lowest BCUT2D eigenvalue weighted by molar-refractivity contribution is -0.00807. The Morgan fingerprint density at radius 3 is 2.34 bits per heavy atom. The number of nitrogens with zero attached hydrogens (tertiary/aromatic N) is 3. The van der Waals surface area contributed by atoms with Crippen LogP contribution in [0, 0.1) is 0 Å². The molecule has 0 bridgehead atoms. The van der Waals surface area contributed by atoms with E-state index in [4.69, 9.17) is 14.2 Å². The van der Waals surface area contributed by atoms with E-state index >= 15 is 0 Å². The molecule has 0 amide bonds. The summed E-state index contributed by atoms with van der Waals surface area (Å²) in [7, 11) is 6.42. The molecule has 0 spiro atoms. The van der Waals surface area contributed by atoms with Gasteiger partial charge < -0.3 is 18.8 Å². The Labute approximate surface area is 202 Å². The molecule has 2 aromatic heterocycles. The van der Waals surface area contributed by atoms with E-state index in [0.717, 1.165) is 27.1 Å². The van der Waals surface area contributed by atoms with E-state index in [0.29, 0.717) is 29.0 Å². The molecule has 0 saturated heterocycles. The average Bonchev–Trinajstić information content (AvgIpc) is 3.24. The number of benzene rings is 2. The molecule has 1 atom stereocenters. The van der Waals surface area contributed by atoms with Gasteiger partial charge in [0.05, 0.1) is 48.7 Å². The smallest absolute Gasteiger partial charge is 0.331 e. The topological polar surface area (TPSA) is 76.6 Å². The van der Waals surface area contributed by atoms with Crippen LogP contribution in [0.4, 0.5) is 0 Å². The van der Waals surface area contributed by atoms with Gasteiger partial charge in [-0.3, -0.25) is 13.9 Å². The molecule has 1 aliphatic rings. The maximum absolute atomic E-state index is 13.6. The van der Waals surface area contributed by atoms with Crippen molar-refractivity contribution >= 4 is 10.9 Å². The zero-order valence-electron chi connectivity index (χ0n) is 20.8. The Morgan fingerprint density at radius 2 is 1.69 bits per heavy atom. The standard InChI is InChI=1S/C27H29N3O5/c1-27(2)15-35-24(18-14-17(33-5)12-13-19(18)34-6)23-22-20(25(31)29(4)26(32)28(22)3)21(30(23)27)16-10-8-7-9-11-16/h7-14,24H,15H2,1-6H3/t24-/m1/s1. The fraction of sp³-hybridized carbons (Fsp3) is 0.333. The third-order valence-corrected chi connectivity index (χ3v) is 6.83. The van der Waals surface area contributed by atoms with Crippen LogP contribution < -0.4 is 20.7 Å². The van der Waals surface area contributed by atoms with Crippen LogP contribution in [0.5, 0.6) is 11.5 Å². The fourth-order valence-corrected chi connectivity index (χ4v) is 5.15. The number of fused-ring (bicyclic) bond motifs is 3. The molecule has 182 valence electrons. The predicted octanol–water partition coefficient (Wildman–Crippen LogP) is 3.58. The number of hydrogen-bond acceptors (Lipinski definition) is 5. The lowest BCUT2D eigenvalue weighted by Crippen LogP contribution is -2.40. The number of ether oxygens (including phenoxy) is 3. The molecule has 0 saturated carbocycles. The summed E-state index contributed by atoms with van der Waals surface area (Å²) < 4.78 is 22.5. The zero-order chi connectivity index (χ0) is 25.1. The number of rotatable bonds is 4. The van der Waals surface area contributed by atoms with Gasteiger partial charge in [-0.05, 0) is 37.6 Å². The minimum atomic E-state index is -0.592. The first kappa shape index (κ1) is 23.0. The van der Waals surface area contributed by atoms with Crippen molar-refractivity contribution in [3.05, 3.63) is 80.6 Å². The van der Waals surface area contributed by atoms with Gasteiger partial charge in [-0.15, -0.1) is 0 Å². The van der Waals surface area contributed by atoms with Crippen LogP contribution in [-0.4, -0.2) is 34.5 Å². The fourth-order valence-electron chi connectivity index (χ4n) is 5.15. The summed E-state index contributed by atoms with van der Waals surface area (Å²) >= 11 is 0. The van der Waals surface area contributed by atoms with Gasteiger partial charge in [0, 0.05) is 19.7 Å². The third kappa shape index (κ3) is 3.31. The quantitative estimate of drug-likeness (QED) is 0.451. The van der Waals surface area contributed by atoms with E-state index in [1.807, 2.05) is 48.5 Å². The van der Waals surface area contributed by atoms with Crippen LogP contribution in [0.25, 0.3) is 22.2 Å². The maximum Gasteiger partial charge on any atom is 0.331 e. The van der Waals surface area contributed by atoms with Gasteiger partial charge in [0.15, 0.2) is 0 Å². The van der Waals surface area contributed by atoms with Gasteiger partial charge >= 0.3 is 5.69 Å². The monoisotopic (exact) mass is 475 g/mol. The van der Waals surface area contributed by atoms with Crippen molar-refractivity contribution in [3.8, 4) is 22.8 Å². The second-order valence-corrected chi connectivity index (χ2v) is 9.48. The van der Waals surface area contributed by atoms with Crippen molar-refractivity contribution in [2.75, 3.05) is 20.8 Å².